The number of hydrogen-bond acceptors (Lipinski definition) is 5. The zero-order chi connectivity index (χ0) is 32.0. The number of aliphatic hydroxyl groups is 1. The molecule has 0 radical (unpaired) electrons. The van der Waals surface area contributed by atoms with Crippen LogP contribution < -0.4 is 20.7 Å². The molecule has 0 aromatic heterocycles. The lowest BCUT2D eigenvalue weighted by Crippen LogP contribution is -2.50. The molecule has 1 aliphatic heterocycles. The fourth-order valence-corrected chi connectivity index (χ4v) is 4.65. The quantitative estimate of drug-likeness (QED) is 0.271. The van der Waals surface area contributed by atoms with E-state index in [1.165, 1.54) is 35.0 Å². The van der Waals surface area contributed by atoms with Crippen molar-refractivity contribution in [1.82, 2.24) is 9.80 Å². The number of carbonyl (C=O) groups excluding carboxylic acids is 3. The Morgan fingerprint density at radius 1 is 1.00 bits per heavy atom. The topological polar surface area (TPSA) is 123 Å². The molecule has 4 rings (SSSR count). The predicted octanol–water partition coefficient (Wildman–Crippen LogP) is 5.73. The van der Waals surface area contributed by atoms with Crippen molar-refractivity contribution in [2.75, 3.05) is 42.7 Å². The van der Waals surface area contributed by atoms with Gasteiger partial charge in [0.1, 0.15) is 11.9 Å². The number of amides is 5. The van der Waals surface area contributed by atoms with E-state index in [0.717, 1.165) is 12.1 Å². The largest absolute Gasteiger partial charge is 0.487 e. The summed E-state index contributed by atoms with van der Waals surface area (Å²) in [5.41, 5.74) is 0.449. The third-order valence-electron chi connectivity index (χ3n) is 7.22. The van der Waals surface area contributed by atoms with Crippen molar-refractivity contribution in [3.05, 3.63) is 83.9 Å². The molecule has 3 aromatic rings. The van der Waals surface area contributed by atoms with Crippen LogP contribution in [0.3, 0.4) is 0 Å². The van der Waals surface area contributed by atoms with Crippen molar-refractivity contribution in [2.45, 2.75) is 32.2 Å². The first-order valence-electron chi connectivity index (χ1n) is 13.9. The minimum Gasteiger partial charge on any atom is -0.487 e. The van der Waals surface area contributed by atoms with Crippen molar-refractivity contribution >= 4 is 35.0 Å². The van der Waals surface area contributed by atoms with Crippen LogP contribution in [0.4, 0.5) is 39.8 Å². The Bertz CT molecular complexity index is 1470. The Kier molecular flexibility index (Phi) is 9.99. The summed E-state index contributed by atoms with van der Waals surface area (Å²) in [6, 6.07) is 16.0. The summed E-state index contributed by atoms with van der Waals surface area (Å²) >= 11 is 0. The van der Waals surface area contributed by atoms with Gasteiger partial charge in [0.15, 0.2) is 0 Å². The SMILES string of the molecule is C[C@@H]1CN([C@@H](C)CO)C(=O)c2cc(NC(=O)Nc3ccccc3)ccc2O[C@H]1CN(C)C(=O)Nc1ccc(C(F)(F)F)cc1. The van der Waals surface area contributed by atoms with Crippen LogP contribution >= 0.6 is 0 Å². The van der Waals surface area contributed by atoms with E-state index in [2.05, 4.69) is 16.0 Å². The first-order chi connectivity index (χ1) is 20.8. The molecule has 44 heavy (non-hydrogen) atoms. The molecular formula is C31H34F3N5O5. The molecule has 0 fully saturated rings. The van der Waals surface area contributed by atoms with E-state index in [4.69, 9.17) is 4.74 Å². The van der Waals surface area contributed by atoms with Crippen LogP contribution in [0.5, 0.6) is 5.75 Å². The Hall–Kier alpha value is -4.78. The number of anilines is 3. The molecule has 10 nitrogen and oxygen atoms in total. The Balaban J connectivity index is 1.52. The fourth-order valence-electron chi connectivity index (χ4n) is 4.65. The van der Waals surface area contributed by atoms with E-state index in [-0.39, 0.29) is 42.6 Å². The van der Waals surface area contributed by atoms with Gasteiger partial charge in [0.05, 0.1) is 30.3 Å². The third kappa shape index (κ3) is 7.98. The van der Waals surface area contributed by atoms with Gasteiger partial charge >= 0.3 is 18.2 Å². The standard InChI is InChI=1S/C31H34F3N5O5/c1-19-16-39(20(2)18-40)28(41)25-15-24(36-29(42)35-22-7-5-4-6-8-22)13-14-26(25)44-27(19)17-38(3)30(43)37-23-11-9-21(10-12-23)31(32,33)34/h4-15,19-20,27,40H,16-18H2,1-3H3,(H,37,43)(H2,35,36,42)/t19-,20+,27+/m1/s1. The average Bonchev–Trinajstić information content (AvgIpc) is 2.99. The van der Waals surface area contributed by atoms with Gasteiger partial charge in [-0.2, -0.15) is 13.2 Å². The van der Waals surface area contributed by atoms with Crippen molar-refractivity contribution in [3.63, 3.8) is 0 Å². The van der Waals surface area contributed by atoms with E-state index in [1.54, 1.807) is 43.3 Å². The molecule has 0 spiro atoms. The monoisotopic (exact) mass is 613 g/mol. The second-order valence-electron chi connectivity index (χ2n) is 10.7. The second-order valence-corrected chi connectivity index (χ2v) is 10.7. The maximum atomic E-state index is 13.7. The lowest BCUT2D eigenvalue weighted by atomic mass is 9.99. The minimum atomic E-state index is -4.49. The van der Waals surface area contributed by atoms with Crippen LogP contribution in [0, 0.1) is 5.92 Å². The zero-order valence-corrected chi connectivity index (χ0v) is 24.4. The van der Waals surface area contributed by atoms with Gasteiger partial charge in [-0.3, -0.25) is 4.79 Å². The van der Waals surface area contributed by atoms with E-state index in [1.807, 2.05) is 13.0 Å². The molecular weight excluding hydrogens is 579 g/mol. The number of nitrogens with one attached hydrogen (secondary N) is 3. The summed E-state index contributed by atoms with van der Waals surface area (Å²) in [7, 11) is 1.52. The molecule has 1 heterocycles. The number of urea groups is 2. The summed E-state index contributed by atoms with van der Waals surface area (Å²) in [5, 5.41) is 17.9. The van der Waals surface area contributed by atoms with Gasteiger partial charge in [0.2, 0.25) is 0 Å². The molecule has 0 unspecified atom stereocenters. The summed E-state index contributed by atoms with van der Waals surface area (Å²) in [6.45, 7) is 3.55. The summed E-state index contributed by atoms with van der Waals surface area (Å²) in [6.07, 6.45) is -5.10. The third-order valence-corrected chi connectivity index (χ3v) is 7.22. The van der Waals surface area contributed by atoms with E-state index >= 15 is 0 Å². The fraction of sp³-hybridized carbons (Fsp3) is 0.323. The number of aliphatic hydroxyl groups excluding tert-OH is 1. The molecule has 1 aliphatic rings. The normalized spacial score (nSPS) is 17.3. The van der Waals surface area contributed by atoms with E-state index < -0.39 is 41.9 Å². The molecule has 0 aliphatic carbocycles. The highest BCUT2D eigenvalue weighted by atomic mass is 19.4. The van der Waals surface area contributed by atoms with Gasteiger partial charge in [0, 0.05) is 36.6 Å². The van der Waals surface area contributed by atoms with E-state index in [0.29, 0.717) is 11.4 Å². The molecule has 0 bridgehead atoms. The number of alkyl halides is 3. The molecule has 0 saturated carbocycles. The van der Waals surface area contributed by atoms with E-state index in [9.17, 15) is 32.7 Å². The molecule has 3 atom stereocenters. The van der Waals surface area contributed by atoms with Crippen LogP contribution in [0.1, 0.15) is 29.8 Å². The van der Waals surface area contributed by atoms with Crippen LogP contribution in [0.2, 0.25) is 0 Å². The number of benzene rings is 3. The van der Waals surface area contributed by atoms with Crippen LogP contribution in [0.15, 0.2) is 72.8 Å². The number of fused-ring (bicyclic) bond motifs is 1. The highest BCUT2D eigenvalue weighted by molar-refractivity contribution is 6.02. The number of para-hydroxylation sites is 1. The highest BCUT2D eigenvalue weighted by Crippen LogP contribution is 2.32. The average molecular weight is 614 g/mol. The first-order valence-corrected chi connectivity index (χ1v) is 13.9. The summed E-state index contributed by atoms with van der Waals surface area (Å²) in [4.78, 5) is 42.0. The number of rotatable bonds is 7. The van der Waals surface area contributed by atoms with Crippen molar-refractivity contribution in [2.24, 2.45) is 5.92 Å². The molecule has 4 N–H and O–H groups in total. The van der Waals surface area contributed by atoms with Gasteiger partial charge in [-0.15, -0.1) is 0 Å². The predicted molar refractivity (Wildman–Crippen MR) is 160 cm³/mol. The van der Waals surface area contributed by atoms with Gasteiger partial charge in [-0.25, -0.2) is 9.59 Å². The minimum absolute atomic E-state index is 0.0715. The first kappa shape index (κ1) is 32.1. The van der Waals surface area contributed by atoms with Gasteiger partial charge in [0.25, 0.3) is 5.91 Å². The molecule has 0 saturated heterocycles. The zero-order valence-electron chi connectivity index (χ0n) is 24.4. The van der Waals surface area contributed by atoms with Crippen molar-refractivity contribution in [3.8, 4) is 5.75 Å². The number of ether oxygens (including phenoxy) is 1. The number of carbonyl (C=O) groups is 3. The number of nitrogens with zero attached hydrogens (tertiary/aromatic N) is 2. The van der Waals surface area contributed by atoms with Crippen molar-refractivity contribution in [1.29, 1.82) is 0 Å². The van der Waals surface area contributed by atoms with Crippen molar-refractivity contribution < 1.29 is 37.4 Å². The Labute approximate surface area is 252 Å². The van der Waals surface area contributed by atoms with Gasteiger partial charge < -0.3 is 35.6 Å². The van der Waals surface area contributed by atoms with Gasteiger partial charge in [-0.05, 0) is 61.5 Å². The lowest BCUT2D eigenvalue weighted by Gasteiger charge is -2.38. The summed E-state index contributed by atoms with van der Waals surface area (Å²) < 4.78 is 44.9. The number of halogens is 3. The maximum absolute atomic E-state index is 13.7. The molecule has 3 aromatic carbocycles. The van der Waals surface area contributed by atoms with Gasteiger partial charge in [-0.1, -0.05) is 25.1 Å². The van der Waals surface area contributed by atoms with Crippen LogP contribution in [-0.4, -0.2) is 71.8 Å². The molecule has 234 valence electrons. The maximum Gasteiger partial charge on any atom is 0.416 e. The number of hydrogen-bond donors (Lipinski definition) is 4. The Morgan fingerprint density at radius 3 is 2.25 bits per heavy atom. The molecule has 5 amide bonds. The smallest absolute Gasteiger partial charge is 0.416 e. The summed E-state index contributed by atoms with van der Waals surface area (Å²) in [5.74, 6) is -0.462. The Morgan fingerprint density at radius 2 is 1.61 bits per heavy atom. The molecule has 13 heteroatoms. The van der Waals surface area contributed by atoms with Crippen LogP contribution in [-0.2, 0) is 6.18 Å². The lowest BCUT2D eigenvalue weighted by molar-refractivity contribution is -0.137. The number of likely N-dealkylation sites (N-methyl/N-ethyl adjacent to an activating group) is 1. The second kappa shape index (κ2) is 13.7. The highest BCUT2D eigenvalue weighted by Gasteiger charge is 2.34. The van der Waals surface area contributed by atoms with Crippen LogP contribution in [0.25, 0.3) is 0 Å².